The first-order valence-electron chi connectivity index (χ1n) is 7.13. The summed E-state index contributed by atoms with van der Waals surface area (Å²) in [5.41, 5.74) is 11.8. The Morgan fingerprint density at radius 3 is 2.74 bits per heavy atom. The molecule has 0 saturated carbocycles. The molecule has 1 aromatic carbocycles. The van der Waals surface area contributed by atoms with E-state index in [4.69, 9.17) is 26.4 Å². The number of rotatable bonds is 6. The maximum Gasteiger partial charge on any atom is 0.276 e. The SMILES string of the molecule is COc1cc(OCCCN)cc2[nH]c(C(=O)N(C)C(=N)N)cc12. The predicted molar refractivity (Wildman–Crippen MR) is 88.0 cm³/mol. The van der Waals surface area contributed by atoms with E-state index in [9.17, 15) is 4.79 Å². The molecule has 0 radical (unpaired) electrons. The number of hydrogen-bond acceptors (Lipinski definition) is 5. The Morgan fingerprint density at radius 1 is 1.39 bits per heavy atom. The topological polar surface area (TPSA) is 130 Å². The van der Waals surface area contributed by atoms with Gasteiger partial charge >= 0.3 is 0 Å². The van der Waals surface area contributed by atoms with Gasteiger partial charge in [0.1, 0.15) is 17.2 Å². The van der Waals surface area contributed by atoms with Crippen LogP contribution in [0.25, 0.3) is 10.9 Å². The molecule has 2 aromatic rings. The van der Waals surface area contributed by atoms with Gasteiger partial charge in [-0.3, -0.25) is 15.1 Å². The summed E-state index contributed by atoms with van der Waals surface area (Å²) in [7, 11) is 2.99. The monoisotopic (exact) mass is 319 g/mol. The van der Waals surface area contributed by atoms with Crippen LogP contribution in [0.2, 0.25) is 0 Å². The van der Waals surface area contributed by atoms with E-state index in [2.05, 4.69) is 4.98 Å². The van der Waals surface area contributed by atoms with E-state index in [1.165, 1.54) is 7.05 Å². The molecule has 2 rings (SSSR count). The van der Waals surface area contributed by atoms with Crippen molar-refractivity contribution in [3.63, 3.8) is 0 Å². The smallest absolute Gasteiger partial charge is 0.276 e. The van der Waals surface area contributed by atoms with Crippen molar-refractivity contribution in [1.82, 2.24) is 9.88 Å². The number of carbonyl (C=O) groups is 1. The Bertz CT molecular complexity index is 725. The first-order valence-corrected chi connectivity index (χ1v) is 7.13. The number of amides is 1. The summed E-state index contributed by atoms with van der Waals surface area (Å²) < 4.78 is 11.0. The third-order valence-corrected chi connectivity index (χ3v) is 3.41. The highest BCUT2D eigenvalue weighted by Crippen LogP contribution is 2.32. The lowest BCUT2D eigenvalue weighted by Gasteiger charge is -2.12. The Labute approximate surface area is 133 Å². The lowest BCUT2D eigenvalue weighted by molar-refractivity contribution is 0.0864. The highest BCUT2D eigenvalue weighted by molar-refractivity contribution is 6.06. The van der Waals surface area contributed by atoms with E-state index in [0.29, 0.717) is 35.9 Å². The van der Waals surface area contributed by atoms with E-state index in [1.807, 2.05) is 0 Å². The number of carbonyl (C=O) groups excluding carboxylic acids is 1. The Kier molecular flexibility index (Phi) is 5.07. The van der Waals surface area contributed by atoms with Gasteiger partial charge in [-0.05, 0) is 19.0 Å². The highest BCUT2D eigenvalue weighted by atomic mass is 16.5. The van der Waals surface area contributed by atoms with Gasteiger partial charge < -0.3 is 25.9 Å². The van der Waals surface area contributed by atoms with Crippen molar-refractivity contribution in [3.8, 4) is 11.5 Å². The first kappa shape index (κ1) is 16.6. The van der Waals surface area contributed by atoms with Crippen LogP contribution in [0.5, 0.6) is 11.5 Å². The van der Waals surface area contributed by atoms with Crippen LogP contribution < -0.4 is 20.9 Å². The van der Waals surface area contributed by atoms with Crippen LogP contribution in [0.3, 0.4) is 0 Å². The molecule has 1 amide bonds. The second kappa shape index (κ2) is 7.01. The average molecular weight is 319 g/mol. The largest absolute Gasteiger partial charge is 0.496 e. The van der Waals surface area contributed by atoms with Gasteiger partial charge in [0.2, 0.25) is 0 Å². The van der Waals surface area contributed by atoms with Crippen molar-refractivity contribution in [2.45, 2.75) is 6.42 Å². The van der Waals surface area contributed by atoms with Gasteiger partial charge in [0, 0.05) is 24.6 Å². The minimum Gasteiger partial charge on any atom is -0.496 e. The number of nitrogens with one attached hydrogen (secondary N) is 2. The molecule has 8 nitrogen and oxygen atoms in total. The zero-order valence-electron chi connectivity index (χ0n) is 13.2. The number of nitrogens with two attached hydrogens (primary N) is 2. The molecular formula is C15H21N5O3. The maximum atomic E-state index is 12.2. The zero-order chi connectivity index (χ0) is 17.0. The fraction of sp³-hybridized carbons (Fsp3) is 0.333. The first-order chi connectivity index (χ1) is 11.0. The Morgan fingerprint density at radius 2 is 2.13 bits per heavy atom. The highest BCUT2D eigenvalue weighted by Gasteiger charge is 2.18. The molecular weight excluding hydrogens is 298 g/mol. The molecule has 23 heavy (non-hydrogen) atoms. The van der Waals surface area contributed by atoms with Gasteiger partial charge in [0.05, 0.1) is 19.2 Å². The summed E-state index contributed by atoms with van der Waals surface area (Å²) in [6.07, 6.45) is 0.748. The van der Waals surface area contributed by atoms with E-state index < -0.39 is 5.91 Å². The molecule has 6 N–H and O–H groups in total. The fourth-order valence-corrected chi connectivity index (χ4v) is 2.11. The standard InChI is InChI=1S/C15H21N5O3/c1-20(15(17)18)14(21)12-8-10-11(19-12)6-9(7-13(10)22-2)23-5-3-4-16/h6-8,19H,3-5,16H2,1-2H3,(H3,17,18). The van der Waals surface area contributed by atoms with Crippen molar-refractivity contribution in [2.24, 2.45) is 11.5 Å². The summed E-state index contributed by atoms with van der Waals surface area (Å²) in [5, 5.41) is 8.08. The van der Waals surface area contributed by atoms with Gasteiger partial charge in [-0.1, -0.05) is 0 Å². The molecule has 0 aliphatic rings. The molecule has 0 spiro atoms. The van der Waals surface area contributed by atoms with Crippen LogP contribution in [0.4, 0.5) is 0 Å². The Balaban J connectivity index is 2.37. The summed E-state index contributed by atoms with van der Waals surface area (Å²) in [6.45, 7) is 1.06. The molecule has 0 aliphatic heterocycles. The van der Waals surface area contributed by atoms with Gasteiger partial charge in [-0.15, -0.1) is 0 Å². The number of aromatic nitrogens is 1. The molecule has 0 saturated heterocycles. The summed E-state index contributed by atoms with van der Waals surface area (Å²) in [6, 6.07) is 5.22. The molecule has 1 aromatic heterocycles. The van der Waals surface area contributed by atoms with Crippen molar-refractivity contribution in [2.75, 3.05) is 27.3 Å². The van der Waals surface area contributed by atoms with Crippen molar-refractivity contribution in [1.29, 1.82) is 5.41 Å². The minimum absolute atomic E-state index is 0.315. The van der Waals surface area contributed by atoms with Crippen molar-refractivity contribution < 1.29 is 14.3 Å². The van der Waals surface area contributed by atoms with Crippen molar-refractivity contribution in [3.05, 3.63) is 23.9 Å². The molecule has 0 aliphatic carbocycles. The van der Waals surface area contributed by atoms with E-state index >= 15 is 0 Å². The van der Waals surface area contributed by atoms with Crippen molar-refractivity contribution >= 4 is 22.8 Å². The van der Waals surface area contributed by atoms with E-state index in [0.717, 1.165) is 16.7 Å². The van der Waals surface area contributed by atoms with Crippen LogP contribution in [0.1, 0.15) is 16.9 Å². The number of H-pyrrole nitrogens is 1. The molecule has 0 bridgehead atoms. The van der Waals surface area contributed by atoms with Crippen LogP contribution in [-0.4, -0.2) is 49.1 Å². The lowest BCUT2D eigenvalue weighted by Crippen LogP contribution is -2.38. The lowest BCUT2D eigenvalue weighted by atomic mass is 10.2. The normalized spacial score (nSPS) is 10.6. The number of ether oxygens (including phenoxy) is 2. The third kappa shape index (κ3) is 3.54. The Hall–Kier alpha value is -2.74. The minimum atomic E-state index is -0.402. The fourth-order valence-electron chi connectivity index (χ4n) is 2.11. The second-order valence-electron chi connectivity index (χ2n) is 5.01. The molecule has 8 heteroatoms. The number of nitrogens with zero attached hydrogens (tertiary/aromatic N) is 1. The van der Waals surface area contributed by atoms with Crippen LogP contribution in [0, 0.1) is 5.41 Å². The number of aromatic amines is 1. The summed E-state index contributed by atoms with van der Waals surface area (Å²) >= 11 is 0. The number of hydrogen-bond donors (Lipinski definition) is 4. The second-order valence-corrected chi connectivity index (χ2v) is 5.01. The van der Waals surface area contributed by atoms with Gasteiger partial charge in [0.25, 0.3) is 5.91 Å². The van der Waals surface area contributed by atoms with Crippen LogP contribution in [0.15, 0.2) is 18.2 Å². The third-order valence-electron chi connectivity index (χ3n) is 3.41. The summed E-state index contributed by atoms with van der Waals surface area (Å²) in [4.78, 5) is 16.3. The molecule has 0 unspecified atom stereocenters. The number of fused-ring (bicyclic) bond motifs is 1. The molecule has 0 atom stereocenters. The van der Waals surface area contributed by atoms with Gasteiger partial charge in [0.15, 0.2) is 5.96 Å². The van der Waals surface area contributed by atoms with Gasteiger partial charge in [-0.2, -0.15) is 0 Å². The van der Waals surface area contributed by atoms with Gasteiger partial charge in [-0.25, -0.2) is 0 Å². The van der Waals surface area contributed by atoms with Crippen LogP contribution in [-0.2, 0) is 0 Å². The molecule has 1 heterocycles. The molecule has 124 valence electrons. The average Bonchev–Trinajstić information content (AvgIpc) is 2.96. The number of methoxy groups -OCH3 is 1. The number of benzene rings is 1. The zero-order valence-corrected chi connectivity index (χ0v) is 13.2. The summed E-state index contributed by atoms with van der Waals surface area (Å²) in [5.74, 6) is 0.488. The number of guanidine groups is 1. The maximum absolute atomic E-state index is 12.2. The van der Waals surface area contributed by atoms with E-state index in [1.54, 1.807) is 25.3 Å². The molecule has 0 fully saturated rings. The van der Waals surface area contributed by atoms with E-state index in [-0.39, 0.29) is 5.96 Å². The van der Waals surface area contributed by atoms with Crippen LogP contribution >= 0.6 is 0 Å². The quantitative estimate of drug-likeness (QED) is 0.356. The predicted octanol–water partition coefficient (Wildman–Crippen LogP) is 0.870.